The molecule has 0 bridgehead atoms. The van der Waals surface area contributed by atoms with Gasteiger partial charge in [0.2, 0.25) is 0 Å². The highest BCUT2D eigenvalue weighted by atomic mass is 32.1. The normalized spacial score (nSPS) is 15.0. The Labute approximate surface area is 395 Å². The van der Waals surface area contributed by atoms with Crippen molar-refractivity contribution in [3.63, 3.8) is 0 Å². The second-order valence-corrected chi connectivity index (χ2v) is 27.9. The Kier molecular flexibility index (Phi) is 91.5. The maximum atomic E-state index is 9.43. The Hall–Kier alpha value is 1.10. The lowest BCUT2D eigenvalue weighted by Gasteiger charge is -2.31. The van der Waals surface area contributed by atoms with E-state index in [1.165, 1.54) is 102 Å². The van der Waals surface area contributed by atoms with Crippen molar-refractivity contribution in [3.05, 3.63) is 0 Å². The monoisotopic (exact) mass is 1010 g/mol. The number of thiol groups is 3. The van der Waals surface area contributed by atoms with Gasteiger partial charge in [0.1, 0.15) is 0 Å². The van der Waals surface area contributed by atoms with Crippen LogP contribution in [0.5, 0.6) is 0 Å². The Morgan fingerprint density at radius 1 is 0.410 bits per heavy atom. The summed E-state index contributed by atoms with van der Waals surface area (Å²) in [4.78, 5) is 0. The van der Waals surface area contributed by atoms with Crippen molar-refractivity contribution in [2.24, 2.45) is 0 Å². The number of hydrogen-bond donors (Lipinski definition) is 7. The van der Waals surface area contributed by atoms with Crippen molar-refractivity contribution in [1.29, 1.82) is 0 Å². The van der Waals surface area contributed by atoms with Crippen LogP contribution in [0.2, 0.25) is 37.8 Å². The van der Waals surface area contributed by atoms with Gasteiger partial charge in [0.15, 0.2) is 0 Å². The summed E-state index contributed by atoms with van der Waals surface area (Å²) in [5.41, 5.74) is 0. The maximum Gasteiger partial charge on any atom is 0.500 e. The summed E-state index contributed by atoms with van der Waals surface area (Å²) in [5.74, 6) is 2.75. The van der Waals surface area contributed by atoms with Crippen molar-refractivity contribution in [2.75, 3.05) is 74.1 Å². The molecule has 0 saturated heterocycles. The van der Waals surface area contributed by atoms with Crippen LogP contribution in [0.25, 0.3) is 0 Å². The van der Waals surface area contributed by atoms with Crippen molar-refractivity contribution < 1.29 is 74.4 Å². The number of aliphatic hydroxyl groups excluding tert-OH is 4. The Morgan fingerprint density at radius 3 is 0.902 bits per heavy atom. The number of rotatable bonds is 16. The molecule has 2 aliphatic rings. The van der Waals surface area contributed by atoms with Crippen LogP contribution in [0.15, 0.2) is 0 Å². The summed E-state index contributed by atoms with van der Waals surface area (Å²) in [6.07, 6.45) is 26.7. The highest BCUT2D eigenvalue weighted by molar-refractivity contribution is 7.80. The first-order chi connectivity index (χ1) is 27.0. The molecule has 0 aromatic rings. The van der Waals surface area contributed by atoms with Gasteiger partial charge in [-0.3, -0.25) is 0 Å². The van der Waals surface area contributed by atoms with Crippen molar-refractivity contribution >= 4 is 63.6 Å². The molecule has 0 aromatic heterocycles. The molecular weight excluding hydrogens is 901 g/mol. The van der Waals surface area contributed by atoms with Crippen LogP contribution in [0.3, 0.4) is 0 Å². The highest BCUT2D eigenvalue weighted by Crippen LogP contribution is 2.25. The summed E-state index contributed by atoms with van der Waals surface area (Å²) in [6, 6.07) is 3.14. The van der Waals surface area contributed by atoms with E-state index in [0.29, 0.717) is 6.10 Å². The minimum absolute atomic E-state index is 0. The molecule has 2 aliphatic carbocycles. The lowest BCUT2D eigenvalue weighted by atomic mass is 9.99. The van der Waals surface area contributed by atoms with E-state index in [1.807, 2.05) is 0 Å². The third-order valence-electron chi connectivity index (χ3n) is 9.40. The van der Waals surface area contributed by atoms with Crippen LogP contribution in [0.4, 0.5) is 0 Å². The van der Waals surface area contributed by atoms with Gasteiger partial charge in [-0.25, -0.2) is 0 Å². The van der Waals surface area contributed by atoms with E-state index in [4.69, 9.17) is 41.9 Å². The second-order valence-electron chi connectivity index (χ2n) is 14.9. The van der Waals surface area contributed by atoms with Gasteiger partial charge in [0.05, 0.1) is 6.10 Å². The third kappa shape index (κ3) is 59.1. The molecule has 0 unspecified atom stereocenters. The van der Waals surface area contributed by atoms with Crippen molar-refractivity contribution in [1.82, 2.24) is 0 Å². The molecule has 14 N–H and O–H groups in total. The molecule has 2 rings (SSSR count). The predicted octanol–water partition coefficient (Wildman–Crippen LogP) is 5.85. The van der Waals surface area contributed by atoms with E-state index < -0.39 is 25.7 Å². The fourth-order valence-corrected chi connectivity index (χ4v) is 12.7. The summed E-state index contributed by atoms with van der Waals surface area (Å²) in [5, 5.41) is 30.4. The SMILES string of the molecule is CO.CO.CO.CO[Si](CCCS)(OC)OC.CO[Si](CCCS)(OC)OC1CCCCCCCCC1.C[Si](C)(C)CCCS.O.O.O.O.O.OC1CCCCCCCCC1. The molecule has 2 saturated carbocycles. The molecule has 386 valence electrons. The van der Waals surface area contributed by atoms with Gasteiger partial charge in [-0.05, 0) is 62.2 Å². The lowest BCUT2D eigenvalue weighted by Crippen LogP contribution is -2.46. The molecule has 0 aliphatic heterocycles. The van der Waals surface area contributed by atoms with Crippen LogP contribution < -0.4 is 0 Å². The van der Waals surface area contributed by atoms with Crippen LogP contribution in [0, 0.1) is 0 Å². The molecule has 2 fully saturated rings. The Morgan fingerprint density at radius 2 is 0.656 bits per heavy atom. The fourth-order valence-electron chi connectivity index (χ4n) is 6.13. The Balaban J connectivity index is -0.0000000695. The third-order valence-corrected chi connectivity index (χ3v) is 17.9. The van der Waals surface area contributed by atoms with E-state index in [9.17, 15) is 5.11 Å². The maximum absolute atomic E-state index is 9.43. The van der Waals surface area contributed by atoms with Crippen LogP contribution in [0.1, 0.15) is 135 Å². The zero-order chi connectivity index (χ0) is 44.0. The predicted molar refractivity (Wildman–Crippen MR) is 276 cm³/mol. The largest absolute Gasteiger partial charge is 0.500 e. The summed E-state index contributed by atoms with van der Waals surface area (Å²) in [6.45, 7) is 7.20. The van der Waals surface area contributed by atoms with Gasteiger partial charge in [-0.15, -0.1) is 0 Å². The molecule has 21 heteroatoms. The van der Waals surface area contributed by atoms with Crippen LogP contribution >= 0.6 is 37.9 Å². The summed E-state index contributed by atoms with van der Waals surface area (Å²) in [7, 11) is 5.85. The minimum atomic E-state index is -2.47. The molecule has 0 heterocycles. The van der Waals surface area contributed by atoms with Gasteiger partial charge in [-0.1, -0.05) is 116 Å². The first-order valence-corrected chi connectivity index (χ1v) is 30.7. The first kappa shape index (κ1) is 85.4. The molecule has 0 atom stereocenters. The zero-order valence-electron chi connectivity index (χ0n) is 40.8. The van der Waals surface area contributed by atoms with E-state index in [1.54, 1.807) is 35.5 Å². The molecule has 0 amide bonds. The van der Waals surface area contributed by atoms with Gasteiger partial charge in [-0.2, -0.15) is 37.9 Å². The fraction of sp³-hybridized carbons (Fsp3) is 1.00. The second kappa shape index (κ2) is 65.4. The lowest BCUT2D eigenvalue weighted by molar-refractivity contribution is 0.0442. The highest BCUT2D eigenvalue weighted by Gasteiger charge is 2.40. The first-order valence-electron chi connectivity index (χ1n) is 21.2. The molecular formula is C40H106O15S3Si3. The molecule has 15 nitrogen and oxygen atoms in total. The topological polar surface area (TPSA) is 294 Å². The van der Waals surface area contributed by atoms with E-state index in [2.05, 4.69) is 57.5 Å². The average molecular weight is 1010 g/mol. The van der Waals surface area contributed by atoms with Crippen molar-refractivity contribution in [2.45, 2.75) is 185 Å². The number of hydrogen-bond acceptors (Lipinski definition) is 13. The van der Waals surface area contributed by atoms with Gasteiger partial charge >= 0.3 is 17.6 Å². The molecule has 0 radical (unpaired) electrons. The number of aliphatic hydroxyl groups is 4. The Bertz CT molecular complexity index is 696. The van der Waals surface area contributed by atoms with Gasteiger partial charge < -0.3 is 74.4 Å². The quantitative estimate of drug-likeness (QED) is 0.0715. The smallest absolute Gasteiger partial charge is 0.412 e. The average Bonchev–Trinajstić information content (AvgIpc) is 3.24. The minimum Gasteiger partial charge on any atom is -0.412 e. The molecule has 0 spiro atoms. The summed E-state index contributed by atoms with van der Waals surface area (Å²) >= 11 is 12.5. The van der Waals surface area contributed by atoms with Gasteiger partial charge in [0, 0.05) is 83.1 Å². The standard InChI is InChI=1S/C15H32O3SSi.C10H20O.C6H16O3SSi.C6H16SSi.3CH4O.5H2O/c1-16-20(17-2,14-10-13-19)18-15-11-8-6-4-3-5-7-9-12-15;11-10-8-6-4-2-1-3-5-7-9-10;1-7-11(8-2,9-3)6-4-5-10;1-8(2,3)6-4-5-7;3*1-2;;;;;/h15,19H,3-14H2,1-2H3;10-11H,1-9H2;10H,4-6H2,1-3H3;7H,4-6H2,1-3H3;3*2H,1H3;5*1H2. The van der Waals surface area contributed by atoms with Crippen LogP contribution in [-0.2, 0) is 26.6 Å². The van der Waals surface area contributed by atoms with Gasteiger partial charge in [0.25, 0.3) is 0 Å². The molecule has 0 aromatic carbocycles. The van der Waals surface area contributed by atoms with E-state index in [-0.39, 0.29) is 33.5 Å². The zero-order valence-corrected chi connectivity index (χ0v) is 46.5. The van der Waals surface area contributed by atoms with E-state index in [0.717, 1.165) is 89.2 Å². The summed E-state index contributed by atoms with van der Waals surface area (Å²) < 4.78 is 33.3. The molecule has 61 heavy (non-hydrogen) atoms. The van der Waals surface area contributed by atoms with E-state index >= 15 is 0 Å². The van der Waals surface area contributed by atoms with Crippen molar-refractivity contribution in [3.8, 4) is 0 Å². The van der Waals surface area contributed by atoms with Crippen LogP contribution in [-0.4, -0.2) is 160 Å².